The van der Waals surface area contributed by atoms with Gasteiger partial charge in [0, 0.05) is 0 Å². The van der Waals surface area contributed by atoms with Crippen LogP contribution in [0.4, 0.5) is 4.39 Å². The number of hydrogen-bond acceptors (Lipinski definition) is 3. The van der Waals surface area contributed by atoms with Gasteiger partial charge in [-0.1, -0.05) is 18.2 Å². The summed E-state index contributed by atoms with van der Waals surface area (Å²) in [6.07, 6.45) is 0. The summed E-state index contributed by atoms with van der Waals surface area (Å²) in [5.41, 5.74) is 3.57. The number of nitrogens with zero attached hydrogens (tertiary/aromatic N) is 2. The molecule has 3 aromatic rings. The zero-order valence-corrected chi connectivity index (χ0v) is 14.5. The summed E-state index contributed by atoms with van der Waals surface area (Å²) in [5, 5.41) is 2.88. The third-order valence-electron chi connectivity index (χ3n) is 4.05. The van der Waals surface area contributed by atoms with Crippen LogP contribution in [-0.2, 0) is 11.3 Å². The fourth-order valence-corrected chi connectivity index (χ4v) is 2.89. The van der Waals surface area contributed by atoms with Crippen LogP contribution in [0, 0.1) is 12.7 Å². The number of aryl methyl sites for hydroxylation is 1. The minimum Gasteiger partial charge on any atom is -0.347 e. The number of benzene rings is 2. The highest BCUT2D eigenvalue weighted by atomic mass is 19.1. The first-order chi connectivity index (χ1) is 11.9. The number of halogens is 1. The van der Waals surface area contributed by atoms with Crippen molar-refractivity contribution in [2.24, 2.45) is 0 Å². The summed E-state index contributed by atoms with van der Waals surface area (Å²) in [4.78, 5) is 22.1. The van der Waals surface area contributed by atoms with Crippen LogP contribution in [0.1, 0.15) is 23.0 Å². The number of amides is 1. The van der Waals surface area contributed by atoms with Crippen molar-refractivity contribution in [3.8, 4) is 0 Å². The maximum atomic E-state index is 13.5. The average Bonchev–Trinajstić information content (AvgIpc) is 2.95. The second kappa shape index (κ2) is 7.03. The highest BCUT2D eigenvalue weighted by Crippen LogP contribution is 2.19. The van der Waals surface area contributed by atoms with Gasteiger partial charge < -0.3 is 10.3 Å². The van der Waals surface area contributed by atoms with Crippen molar-refractivity contribution in [1.29, 1.82) is 0 Å². The van der Waals surface area contributed by atoms with E-state index in [1.807, 2.05) is 25.1 Å². The monoisotopic (exact) mass is 340 g/mol. The third-order valence-corrected chi connectivity index (χ3v) is 4.05. The molecule has 1 heterocycles. The summed E-state index contributed by atoms with van der Waals surface area (Å²) in [7, 11) is 3.58. The Hall–Kier alpha value is -2.73. The lowest BCUT2D eigenvalue weighted by Crippen LogP contribution is -2.37. The van der Waals surface area contributed by atoms with E-state index < -0.39 is 6.04 Å². The van der Waals surface area contributed by atoms with Gasteiger partial charge in [0.2, 0.25) is 5.91 Å². The lowest BCUT2D eigenvalue weighted by molar-refractivity contribution is -0.126. The summed E-state index contributed by atoms with van der Waals surface area (Å²) in [6.45, 7) is 2.30. The van der Waals surface area contributed by atoms with E-state index in [1.54, 1.807) is 31.1 Å². The maximum absolute atomic E-state index is 13.5. The lowest BCUT2D eigenvalue weighted by Gasteiger charge is -2.23. The summed E-state index contributed by atoms with van der Waals surface area (Å²) in [5.74, 6) is 0.128. The number of fused-ring (bicyclic) bond motifs is 1. The Bertz CT molecular complexity index is 903. The van der Waals surface area contributed by atoms with Crippen molar-refractivity contribution >= 4 is 16.9 Å². The first-order valence-electron chi connectivity index (χ1n) is 8.09. The van der Waals surface area contributed by atoms with Gasteiger partial charge in [0.25, 0.3) is 0 Å². The van der Waals surface area contributed by atoms with Crippen molar-refractivity contribution in [3.63, 3.8) is 0 Å². The fraction of sp³-hybridized carbons (Fsp3) is 0.263. The van der Waals surface area contributed by atoms with Gasteiger partial charge in [0.05, 0.1) is 17.6 Å². The molecule has 0 saturated carbocycles. The van der Waals surface area contributed by atoms with E-state index >= 15 is 0 Å². The molecular formula is C19H21FN4O. The van der Waals surface area contributed by atoms with E-state index in [4.69, 9.17) is 0 Å². The fourth-order valence-electron chi connectivity index (χ4n) is 2.89. The van der Waals surface area contributed by atoms with E-state index in [1.165, 1.54) is 12.1 Å². The van der Waals surface area contributed by atoms with Crippen LogP contribution >= 0.6 is 0 Å². The Kier molecular flexibility index (Phi) is 4.81. The van der Waals surface area contributed by atoms with Gasteiger partial charge in [0.1, 0.15) is 17.7 Å². The standard InChI is InChI=1S/C19H21FN4O/c1-12-7-8-15-16(9-12)23-17(22-15)11-21-19(25)18(24(2)3)13-5-4-6-14(20)10-13/h4-10,18H,11H2,1-3H3,(H,21,25)(H,22,23)/t18-/m0/s1. The van der Waals surface area contributed by atoms with E-state index in [0.29, 0.717) is 11.4 Å². The number of hydrogen-bond donors (Lipinski definition) is 2. The van der Waals surface area contributed by atoms with Crippen molar-refractivity contribution in [3.05, 3.63) is 65.2 Å². The van der Waals surface area contributed by atoms with Gasteiger partial charge in [-0.2, -0.15) is 0 Å². The highest BCUT2D eigenvalue weighted by Gasteiger charge is 2.23. The molecule has 5 nitrogen and oxygen atoms in total. The van der Waals surface area contributed by atoms with Crippen LogP contribution in [-0.4, -0.2) is 34.9 Å². The van der Waals surface area contributed by atoms with Gasteiger partial charge in [-0.3, -0.25) is 9.69 Å². The third kappa shape index (κ3) is 3.85. The molecule has 0 aliphatic heterocycles. The van der Waals surface area contributed by atoms with Gasteiger partial charge in [-0.25, -0.2) is 9.37 Å². The SMILES string of the molecule is Cc1ccc2nc(CNC(=O)[C@H](c3cccc(F)c3)N(C)C)[nH]c2c1. The number of likely N-dealkylation sites (N-methyl/N-ethyl adjacent to an activating group) is 1. The summed E-state index contributed by atoms with van der Waals surface area (Å²) in [6, 6.07) is 11.5. The second-order valence-electron chi connectivity index (χ2n) is 6.34. The van der Waals surface area contributed by atoms with Gasteiger partial charge >= 0.3 is 0 Å². The summed E-state index contributed by atoms with van der Waals surface area (Å²) < 4.78 is 13.5. The van der Waals surface area contributed by atoms with Crippen LogP contribution in [0.15, 0.2) is 42.5 Å². The predicted octanol–water partition coefficient (Wildman–Crippen LogP) is 2.93. The largest absolute Gasteiger partial charge is 0.347 e. The molecule has 0 unspecified atom stereocenters. The Morgan fingerprint density at radius 1 is 1.28 bits per heavy atom. The molecule has 1 amide bonds. The maximum Gasteiger partial charge on any atom is 0.242 e. The second-order valence-corrected chi connectivity index (χ2v) is 6.34. The Balaban J connectivity index is 1.74. The highest BCUT2D eigenvalue weighted by molar-refractivity contribution is 5.83. The molecule has 0 fully saturated rings. The minimum absolute atomic E-state index is 0.202. The average molecular weight is 340 g/mol. The Morgan fingerprint density at radius 3 is 2.80 bits per heavy atom. The van der Waals surface area contributed by atoms with Crippen molar-refractivity contribution in [1.82, 2.24) is 20.2 Å². The molecule has 3 rings (SSSR count). The molecule has 1 atom stereocenters. The van der Waals surface area contributed by atoms with Crippen molar-refractivity contribution in [2.45, 2.75) is 19.5 Å². The van der Waals surface area contributed by atoms with Crippen LogP contribution in [0.2, 0.25) is 0 Å². The first kappa shape index (κ1) is 17.1. The molecule has 1 aromatic heterocycles. The van der Waals surface area contributed by atoms with Gasteiger partial charge in [0.15, 0.2) is 0 Å². The van der Waals surface area contributed by atoms with E-state index in [9.17, 15) is 9.18 Å². The van der Waals surface area contributed by atoms with Crippen molar-refractivity contribution in [2.75, 3.05) is 14.1 Å². The molecule has 0 aliphatic rings. The molecule has 0 radical (unpaired) electrons. The number of carbonyl (C=O) groups excluding carboxylic acids is 1. The molecule has 130 valence electrons. The Labute approximate surface area is 145 Å². The van der Waals surface area contributed by atoms with E-state index in [2.05, 4.69) is 15.3 Å². The van der Waals surface area contributed by atoms with Crippen LogP contribution < -0.4 is 5.32 Å². The molecule has 0 bridgehead atoms. The smallest absolute Gasteiger partial charge is 0.242 e. The molecule has 0 aliphatic carbocycles. The van der Waals surface area contributed by atoms with Gasteiger partial charge in [-0.15, -0.1) is 0 Å². The molecule has 2 N–H and O–H groups in total. The topological polar surface area (TPSA) is 61.0 Å². The van der Waals surface area contributed by atoms with E-state index in [0.717, 1.165) is 16.6 Å². The van der Waals surface area contributed by atoms with Gasteiger partial charge in [-0.05, 0) is 56.4 Å². The molecule has 0 spiro atoms. The number of aromatic nitrogens is 2. The van der Waals surface area contributed by atoms with Crippen LogP contribution in [0.5, 0.6) is 0 Å². The zero-order chi connectivity index (χ0) is 18.0. The van der Waals surface area contributed by atoms with E-state index in [-0.39, 0.29) is 18.3 Å². The Morgan fingerprint density at radius 2 is 2.08 bits per heavy atom. The number of H-pyrrole nitrogens is 1. The van der Waals surface area contributed by atoms with Crippen LogP contribution in [0.25, 0.3) is 11.0 Å². The van der Waals surface area contributed by atoms with Crippen molar-refractivity contribution < 1.29 is 9.18 Å². The number of aromatic amines is 1. The normalized spacial score (nSPS) is 12.5. The van der Waals surface area contributed by atoms with Crippen LogP contribution in [0.3, 0.4) is 0 Å². The number of rotatable bonds is 5. The molecular weight excluding hydrogens is 319 g/mol. The lowest BCUT2D eigenvalue weighted by atomic mass is 10.1. The summed E-state index contributed by atoms with van der Waals surface area (Å²) >= 11 is 0. The first-order valence-corrected chi connectivity index (χ1v) is 8.09. The zero-order valence-electron chi connectivity index (χ0n) is 14.5. The number of imidazole rings is 1. The molecule has 6 heteroatoms. The predicted molar refractivity (Wildman–Crippen MR) is 95.5 cm³/mol. The molecule has 2 aromatic carbocycles. The molecule has 25 heavy (non-hydrogen) atoms. The molecule has 0 saturated heterocycles. The number of carbonyl (C=O) groups is 1. The number of nitrogens with one attached hydrogen (secondary N) is 2. The quantitative estimate of drug-likeness (QED) is 0.751. The minimum atomic E-state index is -0.567.